The van der Waals surface area contributed by atoms with Crippen LogP contribution in [0.1, 0.15) is 42.9 Å². The Kier molecular flexibility index (Phi) is 2.60. The van der Waals surface area contributed by atoms with Crippen LogP contribution in [0.2, 0.25) is 0 Å². The van der Waals surface area contributed by atoms with Crippen LogP contribution in [0.3, 0.4) is 0 Å². The maximum absolute atomic E-state index is 9.69. The van der Waals surface area contributed by atoms with E-state index in [1.807, 2.05) is 12.1 Å². The lowest BCUT2D eigenvalue weighted by Gasteiger charge is -2.08. The highest BCUT2D eigenvalue weighted by Gasteiger charge is 2.22. The molecule has 2 nitrogen and oxygen atoms in total. The molecule has 0 spiro atoms. The molecule has 0 radical (unpaired) electrons. The minimum absolute atomic E-state index is 0.254. The molecular weight excluding hydrogens is 200 g/mol. The van der Waals surface area contributed by atoms with Gasteiger partial charge in [-0.1, -0.05) is 18.9 Å². The summed E-state index contributed by atoms with van der Waals surface area (Å²) >= 11 is 0. The van der Waals surface area contributed by atoms with Crippen molar-refractivity contribution in [2.45, 2.75) is 38.2 Å². The van der Waals surface area contributed by atoms with E-state index in [0.29, 0.717) is 0 Å². The molecule has 1 N–H and O–H groups in total. The summed E-state index contributed by atoms with van der Waals surface area (Å²) in [6.45, 7) is 0.839. The summed E-state index contributed by atoms with van der Waals surface area (Å²) in [5.41, 5.74) is 2.35. The van der Waals surface area contributed by atoms with Crippen LogP contribution in [0, 0.1) is 5.92 Å². The van der Waals surface area contributed by atoms with Crippen LogP contribution in [-0.2, 0) is 6.42 Å². The number of benzene rings is 1. The maximum atomic E-state index is 9.69. The first-order valence-corrected chi connectivity index (χ1v) is 6.26. The van der Waals surface area contributed by atoms with Gasteiger partial charge in [0, 0.05) is 0 Å². The topological polar surface area (TPSA) is 29.5 Å². The van der Waals surface area contributed by atoms with Gasteiger partial charge in [-0.3, -0.25) is 0 Å². The molecule has 2 aliphatic rings. The molecule has 16 heavy (non-hydrogen) atoms. The van der Waals surface area contributed by atoms with Crippen LogP contribution >= 0.6 is 0 Å². The van der Waals surface area contributed by atoms with E-state index in [2.05, 4.69) is 6.07 Å². The van der Waals surface area contributed by atoms with E-state index in [0.717, 1.165) is 36.7 Å². The smallest absolute Gasteiger partial charge is 0.119 e. The SMILES string of the molecule is OC1CCc2cc(OCCC3CC3)ccc21. The van der Waals surface area contributed by atoms with Gasteiger partial charge >= 0.3 is 0 Å². The van der Waals surface area contributed by atoms with Gasteiger partial charge in [0.2, 0.25) is 0 Å². The second-order valence-electron chi connectivity index (χ2n) is 5.00. The van der Waals surface area contributed by atoms with Crippen LogP contribution in [0.4, 0.5) is 0 Å². The number of fused-ring (bicyclic) bond motifs is 1. The fourth-order valence-corrected chi connectivity index (χ4v) is 2.41. The molecule has 0 aliphatic heterocycles. The summed E-state index contributed by atoms with van der Waals surface area (Å²) in [5, 5.41) is 9.69. The zero-order valence-electron chi connectivity index (χ0n) is 9.48. The Balaban J connectivity index is 1.62. The van der Waals surface area contributed by atoms with Crippen molar-refractivity contribution in [1.29, 1.82) is 0 Å². The van der Waals surface area contributed by atoms with Crippen LogP contribution in [0.5, 0.6) is 5.75 Å². The average Bonchev–Trinajstić information content (AvgIpc) is 3.04. The third-order valence-corrected chi connectivity index (χ3v) is 3.65. The number of aliphatic hydroxyl groups excluding tert-OH is 1. The highest BCUT2D eigenvalue weighted by molar-refractivity contribution is 5.39. The van der Waals surface area contributed by atoms with Gasteiger partial charge in [0.25, 0.3) is 0 Å². The first-order chi connectivity index (χ1) is 7.83. The molecule has 86 valence electrons. The predicted octanol–water partition coefficient (Wildman–Crippen LogP) is 2.85. The van der Waals surface area contributed by atoms with Gasteiger partial charge in [0.1, 0.15) is 5.75 Å². The first-order valence-electron chi connectivity index (χ1n) is 6.26. The number of hydrogen-bond donors (Lipinski definition) is 1. The number of hydrogen-bond acceptors (Lipinski definition) is 2. The van der Waals surface area contributed by atoms with Gasteiger partial charge in [-0.15, -0.1) is 0 Å². The van der Waals surface area contributed by atoms with E-state index in [4.69, 9.17) is 4.74 Å². The van der Waals surface area contributed by atoms with Crippen molar-refractivity contribution in [2.75, 3.05) is 6.61 Å². The number of ether oxygens (including phenoxy) is 1. The first kappa shape index (κ1) is 10.2. The van der Waals surface area contributed by atoms with E-state index in [-0.39, 0.29) is 6.10 Å². The van der Waals surface area contributed by atoms with Crippen LogP contribution in [0.25, 0.3) is 0 Å². The molecule has 0 bridgehead atoms. The molecule has 0 heterocycles. The molecular formula is C14H18O2. The number of rotatable bonds is 4. The Bertz CT molecular complexity index is 382. The lowest BCUT2D eigenvalue weighted by atomic mass is 10.1. The Labute approximate surface area is 96.2 Å². The van der Waals surface area contributed by atoms with Gasteiger partial charge in [0.05, 0.1) is 12.7 Å². The normalized spacial score (nSPS) is 23.2. The second-order valence-corrected chi connectivity index (χ2v) is 5.00. The lowest BCUT2D eigenvalue weighted by Crippen LogP contribution is -1.99. The van der Waals surface area contributed by atoms with Crippen LogP contribution < -0.4 is 4.74 Å². The minimum atomic E-state index is -0.254. The minimum Gasteiger partial charge on any atom is -0.494 e. The van der Waals surface area contributed by atoms with Gasteiger partial charge < -0.3 is 9.84 Å². The van der Waals surface area contributed by atoms with Gasteiger partial charge in [-0.2, -0.15) is 0 Å². The zero-order valence-corrected chi connectivity index (χ0v) is 9.48. The summed E-state index contributed by atoms with van der Waals surface area (Å²) < 4.78 is 5.74. The molecule has 3 rings (SSSR count). The molecule has 1 atom stereocenters. The maximum Gasteiger partial charge on any atom is 0.119 e. The van der Waals surface area contributed by atoms with Crippen LogP contribution in [-0.4, -0.2) is 11.7 Å². The lowest BCUT2D eigenvalue weighted by molar-refractivity contribution is 0.180. The number of aryl methyl sites for hydroxylation is 1. The predicted molar refractivity (Wildman–Crippen MR) is 62.6 cm³/mol. The molecule has 1 aromatic rings. The summed E-state index contributed by atoms with van der Waals surface area (Å²) in [6.07, 6.45) is 5.56. The molecule has 2 heteroatoms. The quantitative estimate of drug-likeness (QED) is 0.842. The zero-order chi connectivity index (χ0) is 11.0. The van der Waals surface area contributed by atoms with E-state index in [9.17, 15) is 5.11 Å². The Morgan fingerprint density at radius 1 is 1.25 bits per heavy atom. The molecule has 1 aromatic carbocycles. The van der Waals surface area contributed by atoms with Crippen molar-refractivity contribution in [3.05, 3.63) is 29.3 Å². The Morgan fingerprint density at radius 2 is 2.12 bits per heavy atom. The van der Waals surface area contributed by atoms with Gasteiger partial charge in [-0.05, 0) is 48.4 Å². The molecule has 0 aromatic heterocycles. The average molecular weight is 218 g/mol. The second kappa shape index (κ2) is 4.10. The van der Waals surface area contributed by atoms with Crippen molar-refractivity contribution in [3.63, 3.8) is 0 Å². The molecule has 0 amide bonds. The van der Waals surface area contributed by atoms with Crippen molar-refractivity contribution >= 4 is 0 Å². The Hall–Kier alpha value is -1.02. The summed E-state index contributed by atoms with van der Waals surface area (Å²) in [5.74, 6) is 1.89. The molecule has 2 aliphatic carbocycles. The van der Waals surface area contributed by atoms with Gasteiger partial charge in [0.15, 0.2) is 0 Å². The van der Waals surface area contributed by atoms with Gasteiger partial charge in [-0.25, -0.2) is 0 Å². The van der Waals surface area contributed by atoms with Crippen LogP contribution in [0.15, 0.2) is 18.2 Å². The van der Waals surface area contributed by atoms with Crippen molar-refractivity contribution in [3.8, 4) is 5.75 Å². The largest absolute Gasteiger partial charge is 0.494 e. The third-order valence-electron chi connectivity index (χ3n) is 3.65. The molecule has 0 saturated heterocycles. The molecule has 1 fully saturated rings. The summed E-state index contributed by atoms with van der Waals surface area (Å²) in [6, 6.07) is 6.10. The summed E-state index contributed by atoms with van der Waals surface area (Å²) in [7, 11) is 0. The fourth-order valence-electron chi connectivity index (χ4n) is 2.41. The van der Waals surface area contributed by atoms with Crippen molar-refractivity contribution in [1.82, 2.24) is 0 Å². The monoisotopic (exact) mass is 218 g/mol. The molecule has 1 unspecified atom stereocenters. The van der Waals surface area contributed by atoms with E-state index in [1.165, 1.54) is 24.8 Å². The van der Waals surface area contributed by atoms with E-state index in [1.54, 1.807) is 0 Å². The summed E-state index contributed by atoms with van der Waals surface area (Å²) in [4.78, 5) is 0. The van der Waals surface area contributed by atoms with E-state index < -0.39 is 0 Å². The van der Waals surface area contributed by atoms with Crippen molar-refractivity contribution in [2.24, 2.45) is 5.92 Å². The van der Waals surface area contributed by atoms with E-state index >= 15 is 0 Å². The molecule has 1 saturated carbocycles. The fraction of sp³-hybridized carbons (Fsp3) is 0.571. The standard InChI is InChI=1S/C14H18O2/c15-14-6-3-11-9-12(4-5-13(11)14)16-8-7-10-1-2-10/h4-5,9-10,14-15H,1-3,6-8H2. The van der Waals surface area contributed by atoms with Crippen molar-refractivity contribution < 1.29 is 9.84 Å². The highest BCUT2D eigenvalue weighted by Crippen LogP contribution is 2.34. The Morgan fingerprint density at radius 3 is 2.94 bits per heavy atom. The third kappa shape index (κ3) is 2.07. The number of aliphatic hydroxyl groups is 1. The highest BCUT2D eigenvalue weighted by atomic mass is 16.5.